The zero-order valence-electron chi connectivity index (χ0n) is 7.65. The summed E-state index contributed by atoms with van der Waals surface area (Å²) in [5.74, 6) is 0.677. The summed E-state index contributed by atoms with van der Waals surface area (Å²) in [6, 6.07) is 0.378. The van der Waals surface area contributed by atoms with Crippen LogP contribution in [0.2, 0.25) is 0 Å². The fourth-order valence-corrected chi connectivity index (χ4v) is 2.42. The van der Waals surface area contributed by atoms with Gasteiger partial charge in [-0.15, -0.1) is 10.2 Å². The zero-order valence-corrected chi connectivity index (χ0v) is 9.28. The first-order chi connectivity index (χ1) is 6.22. The molecule has 0 saturated carbocycles. The highest BCUT2D eigenvalue weighted by molar-refractivity contribution is 8.01. The van der Waals surface area contributed by atoms with Crippen molar-refractivity contribution in [1.82, 2.24) is 10.2 Å². The maximum atomic E-state index is 8.60. The summed E-state index contributed by atoms with van der Waals surface area (Å²) < 4.78 is 0.900. The van der Waals surface area contributed by atoms with Gasteiger partial charge in [-0.25, -0.2) is 0 Å². The molecule has 13 heavy (non-hydrogen) atoms. The Morgan fingerprint density at radius 3 is 2.92 bits per heavy atom. The molecule has 0 saturated heterocycles. The number of hydrogen-bond donors (Lipinski definition) is 2. The van der Waals surface area contributed by atoms with Crippen molar-refractivity contribution in [2.75, 3.05) is 17.7 Å². The fourth-order valence-electron chi connectivity index (χ4n) is 0.706. The number of aliphatic hydroxyl groups is 1. The van der Waals surface area contributed by atoms with E-state index in [1.165, 1.54) is 23.1 Å². The van der Waals surface area contributed by atoms with Gasteiger partial charge in [0.2, 0.25) is 5.13 Å². The second-order valence-electron chi connectivity index (χ2n) is 2.74. The van der Waals surface area contributed by atoms with Crippen LogP contribution in [0, 0.1) is 0 Å². The molecular formula is C7H13N3OS2. The van der Waals surface area contributed by atoms with E-state index in [9.17, 15) is 0 Å². The van der Waals surface area contributed by atoms with Gasteiger partial charge in [0.25, 0.3) is 0 Å². The lowest BCUT2D eigenvalue weighted by atomic mass is 10.4. The number of aromatic nitrogens is 2. The molecule has 74 valence electrons. The van der Waals surface area contributed by atoms with E-state index < -0.39 is 0 Å². The molecule has 0 aliphatic carbocycles. The molecule has 0 amide bonds. The van der Waals surface area contributed by atoms with Crippen LogP contribution in [0.4, 0.5) is 5.13 Å². The molecule has 0 spiro atoms. The number of nitrogens with one attached hydrogen (secondary N) is 1. The van der Waals surface area contributed by atoms with Crippen molar-refractivity contribution in [3.63, 3.8) is 0 Å². The zero-order chi connectivity index (χ0) is 9.68. The Bertz CT molecular complexity index is 252. The van der Waals surface area contributed by atoms with Crippen molar-refractivity contribution < 1.29 is 5.11 Å². The molecule has 4 nitrogen and oxygen atoms in total. The third-order valence-electron chi connectivity index (χ3n) is 1.14. The lowest BCUT2D eigenvalue weighted by molar-refractivity contribution is 0.322. The predicted molar refractivity (Wildman–Crippen MR) is 56.5 cm³/mol. The van der Waals surface area contributed by atoms with E-state index in [-0.39, 0.29) is 6.61 Å². The number of hydrogen-bond acceptors (Lipinski definition) is 6. The van der Waals surface area contributed by atoms with Crippen molar-refractivity contribution in [3.8, 4) is 0 Å². The van der Waals surface area contributed by atoms with Crippen LogP contribution in [0.3, 0.4) is 0 Å². The standard InChI is InChI=1S/C7H13N3OS2/c1-5(2)8-6-9-10-7(13-6)12-4-3-11/h5,11H,3-4H2,1-2H3,(H,8,9). The van der Waals surface area contributed by atoms with Crippen molar-refractivity contribution in [2.45, 2.75) is 24.2 Å². The highest BCUT2D eigenvalue weighted by Crippen LogP contribution is 2.25. The molecule has 1 aromatic heterocycles. The molecule has 0 atom stereocenters. The van der Waals surface area contributed by atoms with Gasteiger partial charge in [-0.2, -0.15) is 0 Å². The lowest BCUT2D eigenvalue weighted by Gasteiger charge is -2.02. The first-order valence-corrected chi connectivity index (χ1v) is 5.86. The maximum Gasteiger partial charge on any atom is 0.206 e. The van der Waals surface area contributed by atoms with Gasteiger partial charge in [0.1, 0.15) is 0 Å². The van der Waals surface area contributed by atoms with Crippen LogP contribution in [0.1, 0.15) is 13.8 Å². The van der Waals surface area contributed by atoms with Crippen molar-refractivity contribution >= 4 is 28.2 Å². The topological polar surface area (TPSA) is 58.0 Å². The van der Waals surface area contributed by atoms with Crippen LogP contribution in [-0.4, -0.2) is 33.7 Å². The molecule has 0 aromatic carbocycles. The van der Waals surface area contributed by atoms with Crippen LogP contribution in [0.5, 0.6) is 0 Å². The predicted octanol–water partition coefficient (Wildman–Crippen LogP) is 1.44. The van der Waals surface area contributed by atoms with Crippen LogP contribution >= 0.6 is 23.1 Å². The van der Waals surface area contributed by atoms with Crippen molar-refractivity contribution in [3.05, 3.63) is 0 Å². The Morgan fingerprint density at radius 2 is 2.31 bits per heavy atom. The Labute approximate surface area is 85.8 Å². The molecule has 6 heteroatoms. The Balaban J connectivity index is 2.44. The molecule has 1 heterocycles. The van der Waals surface area contributed by atoms with E-state index in [0.29, 0.717) is 11.8 Å². The van der Waals surface area contributed by atoms with Gasteiger partial charge in [0, 0.05) is 11.8 Å². The molecule has 0 aliphatic rings. The summed E-state index contributed by atoms with van der Waals surface area (Å²) in [7, 11) is 0. The smallest absolute Gasteiger partial charge is 0.206 e. The van der Waals surface area contributed by atoms with E-state index in [2.05, 4.69) is 29.4 Å². The molecule has 0 bridgehead atoms. The molecule has 1 aromatic rings. The average molecular weight is 219 g/mol. The molecule has 0 aliphatic heterocycles. The van der Waals surface area contributed by atoms with Crippen LogP contribution in [0.25, 0.3) is 0 Å². The second kappa shape index (κ2) is 5.41. The molecule has 1 rings (SSSR count). The molecule has 0 radical (unpaired) electrons. The maximum absolute atomic E-state index is 8.60. The van der Waals surface area contributed by atoms with E-state index in [4.69, 9.17) is 5.11 Å². The average Bonchev–Trinajstić information content (AvgIpc) is 2.48. The van der Waals surface area contributed by atoms with Gasteiger partial charge in [-0.1, -0.05) is 23.1 Å². The summed E-state index contributed by atoms with van der Waals surface area (Å²) >= 11 is 3.04. The minimum atomic E-state index is 0.178. The monoisotopic (exact) mass is 219 g/mol. The molecule has 0 unspecified atom stereocenters. The summed E-state index contributed by atoms with van der Waals surface area (Å²) in [5, 5.41) is 20.5. The lowest BCUT2D eigenvalue weighted by Crippen LogP contribution is -2.08. The Morgan fingerprint density at radius 1 is 1.54 bits per heavy atom. The van der Waals surface area contributed by atoms with Gasteiger partial charge in [0.15, 0.2) is 4.34 Å². The van der Waals surface area contributed by atoms with Gasteiger partial charge in [-0.05, 0) is 13.8 Å². The van der Waals surface area contributed by atoms with E-state index in [0.717, 1.165) is 9.47 Å². The highest BCUT2D eigenvalue weighted by Gasteiger charge is 2.04. The van der Waals surface area contributed by atoms with Crippen LogP contribution < -0.4 is 5.32 Å². The second-order valence-corrected chi connectivity index (χ2v) is 5.06. The Hall–Kier alpha value is -0.330. The molecule has 2 N–H and O–H groups in total. The number of rotatable bonds is 5. The van der Waals surface area contributed by atoms with E-state index in [1.54, 1.807) is 0 Å². The number of anilines is 1. The molecular weight excluding hydrogens is 206 g/mol. The normalized spacial score (nSPS) is 10.8. The fraction of sp³-hybridized carbons (Fsp3) is 0.714. The summed E-state index contributed by atoms with van der Waals surface area (Å²) in [6.07, 6.45) is 0. The summed E-state index contributed by atoms with van der Waals surface area (Å²) in [4.78, 5) is 0. The third kappa shape index (κ3) is 3.93. The quantitative estimate of drug-likeness (QED) is 0.734. The third-order valence-corrected chi connectivity index (χ3v) is 3.10. The first kappa shape index (κ1) is 10.7. The van der Waals surface area contributed by atoms with E-state index >= 15 is 0 Å². The van der Waals surface area contributed by atoms with Crippen molar-refractivity contribution in [1.29, 1.82) is 0 Å². The van der Waals surface area contributed by atoms with Gasteiger partial charge >= 0.3 is 0 Å². The van der Waals surface area contributed by atoms with Crippen LogP contribution in [0.15, 0.2) is 4.34 Å². The van der Waals surface area contributed by atoms with Crippen LogP contribution in [-0.2, 0) is 0 Å². The highest BCUT2D eigenvalue weighted by atomic mass is 32.2. The SMILES string of the molecule is CC(C)Nc1nnc(SCCO)s1. The number of aliphatic hydroxyl groups excluding tert-OH is 1. The Kier molecular flexibility index (Phi) is 4.47. The number of nitrogens with zero attached hydrogens (tertiary/aromatic N) is 2. The first-order valence-electron chi connectivity index (χ1n) is 4.06. The largest absolute Gasteiger partial charge is 0.396 e. The van der Waals surface area contributed by atoms with E-state index in [1.807, 2.05) is 0 Å². The summed E-state index contributed by atoms with van der Waals surface area (Å²) in [5.41, 5.74) is 0. The van der Waals surface area contributed by atoms with Gasteiger partial charge < -0.3 is 10.4 Å². The minimum Gasteiger partial charge on any atom is -0.396 e. The number of thioether (sulfide) groups is 1. The molecule has 0 fully saturated rings. The minimum absolute atomic E-state index is 0.178. The van der Waals surface area contributed by atoms with Gasteiger partial charge in [-0.3, -0.25) is 0 Å². The van der Waals surface area contributed by atoms with Crippen molar-refractivity contribution in [2.24, 2.45) is 0 Å². The van der Waals surface area contributed by atoms with Gasteiger partial charge in [0.05, 0.1) is 6.61 Å². The summed E-state index contributed by atoms with van der Waals surface area (Å²) in [6.45, 7) is 4.29.